The Kier molecular flexibility index (Phi) is 3.00. The normalized spacial score (nSPS) is 12.5. The molecule has 6 heteroatoms. The van der Waals surface area contributed by atoms with Crippen LogP contribution in [0.2, 0.25) is 5.02 Å². The molecule has 0 saturated carbocycles. The van der Waals surface area contributed by atoms with E-state index in [9.17, 15) is 14.3 Å². The first-order chi connectivity index (χ1) is 6.02. The molecule has 0 unspecified atom stereocenters. The van der Waals surface area contributed by atoms with E-state index < -0.39 is 15.7 Å². The van der Waals surface area contributed by atoms with Gasteiger partial charge in [-0.15, -0.1) is 0 Å². The van der Waals surface area contributed by atoms with E-state index in [0.717, 1.165) is 0 Å². The Bertz CT molecular complexity index is 380. The highest BCUT2D eigenvalue weighted by Crippen LogP contribution is 2.25. The van der Waals surface area contributed by atoms with Crippen LogP contribution in [0.3, 0.4) is 0 Å². The van der Waals surface area contributed by atoms with Gasteiger partial charge in [0.2, 0.25) is 0 Å². The van der Waals surface area contributed by atoms with E-state index in [1.54, 1.807) is 0 Å². The summed E-state index contributed by atoms with van der Waals surface area (Å²) < 4.78 is 11.0. The van der Waals surface area contributed by atoms with Gasteiger partial charge in [-0.1, -0.05) is 11.6 Å². The van der Waals surface area contributed by atoms with E-state index >= 15 is 0 Å². The highest BCUT2D eigenvalue weighted by atomic mass is 35.5. The molecular weight excluding hydrogens is 214 g/mol. The second-order valence-corrected chi connectivity index (χ2v) is 4.11. The lowest BCUT2D eigenvalue weighted by Crippen LogP contribution is -1.93. The highest BCUT2D eigenvalue weighted by Gasteiger charge is 2.13. The standard InChI is InChI=1S/C7H6ClNO3S/c1-13(12)5-2-3-6(8)7(4-5)9(10)11/h2-4H,1H3/t13-/m0/s1. The number of benzene rings is 1. The lowest BCUT2D eigenvalue weighted by Gasteiger charge is -1.97. The summed E-state index contributed by atoms with van der Waals surface area (Å²) in [4.78, 5) is 10.2. The van der Waals surface area contributed by atoms with Crippen LogP contribution in [0.5, 0.6) is 0 Å². The van der Waals surface area contributed by atoms with Gasteiger partial charge in [-0.25, -0.2) is 0 Å². The summed E-state index contributed by atoms with van der Waals surface area (Å²) in [6.07, 6.45) is 1.45. The summed E-state index contributed by atoms with van der Waals surface area (Å²) in [5.41, 5.74) is -0.214. The molecule has 0 heterocycles. The molecule has 1 aromatic rings. The number of nitro groups is 1. The molecule has 1 atom stereocenters. The van der Waals surface area contributed by atoms with Gasteiger partial charge in [0.1, 0.15) is 5.02 Å². The van der Waals surface area contributed by atoms with E-state index in [0.29, 0.717) is 4.90 Å². The topological polar surface area (TPSA) is 60.2 Å². The first kappa shape index (κ1) is 10.1. The third-order valence-corrected chi connectivity index (χ3v) is 2.68. The molecule has 0 N–H and O–H groups in total. The number of hydrogen-bond acceptors (Lipinski definition) is 3. The van der Waals surface area contributed by atoms with Gasteiger partial charge in [-0.05, 0) is 12.1 Å². The second-order valence-electron chi connectivity index (χ2n) is 2.32. The Labute approximate surface area is 82.1 Å². The Morgan fingerprint density at radius 3 is 2.62 bits per heavy atom. The van der Waals surface area contributed by atoms with Crippen LogP contribution >= 0.6 is 11.6 Å². The minimum Gasteiger partial charge on any atom is -0.258 e. The van der Waals surface area contributed by atoms with Crippen molar-refractivity contribution in [3.63, 3.8) is 0 Å². The van der Waals surface area contributed by atoms with Crippen LogP contribution < -0.4 is 0 Å². The molecule has 4 nitrogen and oxygen atoms in total. The summed E-state index contributed by atoms with van der Waals surface area (Å²) in [6.45, 7) is 0. The molecule has 0 aliphatic heterocycles. The molecule has 0 amide bonds. The van der Waals surface area contributed by atoms with E-state index in [4.69, 9.17) is 11.6 Å². The average Bonchev–Trinajstić information content (AvgIpc) is 2.04. The summed E-state index contributed by atoms with van der Waals surface area (Å²) in [6, 6.07) is 4.10. The average molecular weight is 220 g/mol. The maximum absolute atomic E-state index is 11.0. The molecule has 0 aliphatic carbocycles. The van der Waals surface area contributed by atoms with Gasteiger partial charge in [-0.2, -0.15) is 0 Å². The van der Waals surface area contributed by atoms with Crippen LogP contribution in [0.1, 0.15) is 0 Å². The highest BCUT2D eigenvalue weighted by molar-refractivity contribution is 7.84. The van der Waals surface area contributed by atoms with Crippen LogP contribution in [0.4, 0.5) is 5.69 Å². The molecule has 0 bridgehead atoms. The molecule has 1 aromatic carbocycles. The van der Waals surface area contributed by atoms with E-state index in [2.05, 4.69) is 0 Å². The van der Waals surface area contributed by atoms with Crippen LogP contribution in [-0.4, -0.2) is 15.4 Å². The zero-order valence-corrected chi connectivity index (χ0v) is 8.26. The monoisotopic (exact) mass is 219 g/mol. The summed E-state index contributed by atoms with van der Waals surface area (Å²) >= 11 is 5.56. The molecule has 0 fully saturated rings. The van der Waals surface area contributed by atoms with Crippen LogP contribution in [0, 0.1) is 10.1 Å². The van der Waals surface area contributed by atoms with Crippen LogP contribution in [0.25, 0.3) is 0 Å². The Morgan fingerprint density at radius 2 is 2.15 bits per heavy atom. The van der Waals surface area contributed by atoms with Gasteiger partial charge < -0.3 is 0 Å². The number of nitro benzene ring substituents is 1. The predicted molar refractivity (Wildman–Crippen MR) is 50.4 cm³/mol. The minimum absolute atomic E-state index is 0.0548. The molecule has 0 radical (unpaired) electrons. The minimum atomic E-state index is -1.23. The first-order valence-corrected chi connectivity index (χ1v) is 5.23. The smallest absolute Gasteiger partial charge is 0.258 e. The summed E-state index contributed by atoms with van der Waals surface area (Å²) in [5.74, 6) is 0. The zero-order valence-electron chi connectivity index (χ0n) is 6.69. The molecule has 0 spiro atoms. The molecule has 13 heavy (non-hydrogen) atoms. The molecule has 0 aromatic heterocycles. The van der Waals surface area contributed by atoms with E-state index in [1.165, 1.54) is 24.5 Å². The summed E-state index contributed by atoms with van der Waals surface area (Å²) in [5, 5.41) is 10.5. The van der Waals surface area contributed by atoms with Crippen LogP contribution in [-0.2, 0) is 10.8 Å². The molecule has 70 valence electrons. The van der Waals surface area contributed by atoms with Crippen molar-refractivity contribution < 1.29 is 9.13 Å². The third kappa shape index (κ3) is 2.26. The van der Waals surface area contributed by atoms with Crippen molar-refractivity contribution in [2.24, 2.45) is 0 Å². The molecule has 1 rings (SSSR count). The third-order valence-electron chi connectivity index (χ3n) is 1.45. The van der Waals surface area contributed by atoms with Gasteiger partial charge in [0.25, 0.3) is 5.69 Å². The number of halogens is 1. The predicted octanol–water partition coefficient (Wildman–Crippen LogP) is 1.99. The van der Waals surface area contributed by atoms with Crippen molar-refractivity contribution in [2.45, 2.75) is 4.90 Å². The first-order valence-electron chi connectivity index (χ1n) is 3.29. The Morgan fingerprint density at radius 1 is 1.54 bits per heavy atom. The van der Waals surface area contributed by atoms with Gasteiger partial charge in [-0.3, -0.25) is 14.3 Å². The van der Waals surface area contributed by atoms with Crippen molar-refractivity contribution in [1.82, 2.24) is 0 Å². The quantitative estimate of drug-likeness (QED) is 0.565. The lowest BCUT2D eigenvalue weighted by atomic mass is 10.3. The number of rotatable bonds is 2. The van der Waals surface area contributed by atoms with E-state index in [1.807, 2.05) is 0 Å². The van der Waals surface area contributed by atoms with Gasteiger partial charge in [0.15, 0.2) is 0 Å². The van der Waals surface area contributed by atoms with Crippen molar-refractivity contribution in [3.05, 3.63) is 33.3 Å². The SMILES string of the molecule is C[S@](=O)c1ccc(Cl)c([N+](=O)[O-])c1. The lowest BCUT2D eigenvalue weighted by molar-refractivity contribution is -0.384. The molecular formula is C7H6ClNO3S. The van der Waals surface area contributed by atoms with Crippen molar-refractivity contribution in [3.8, 4) is 0 Å². The maximum Gasteiger partial charge on any atom is 0.289 e. The number of hydrogen-bond donors (Lipinski definition) is 0. The fourth-order valence-corrected chi connectivity index (χ4v) is 1.54. The second kappa shape index (κ2) is 3.85. The fraction of sp³-hybridized carbons (Fsp3) is 0.143. The van der Waals surface area contributed by atoms with Crippen molar-refractivity contribution >= 4 is 28.1 Å². The van der Waals surface area contributed by atoms with Crippen LogP contribution in [0.15, 0.2) is 23.1 Å². The number of nitrogens with zero attached hydrogens (tertiary/aromatic N) is 1. The van der Waals surface area contributed by atoms with E-state index in [-0.39, 0.29) is 10.7 Å². The fourth-order valence-electron chi connectivity index (χ4n) is 0.811. The van der Waals surface area contributed by atoms with Crippen molar-refractivity contribution in [1.29, 1.82) is 0 Å². The molecule has 0 aliphatic rings. The van der Waals surface area contributed by atoms with Gasteiger partial charge in [0, 0.05) is 17.2 Å². The van der Waals surface area contributed by atoms with Gasteiger partial charge in [0.05, 0.1) is 15.7 Å². The largest absolute Gasteiger partial charge is 0.289 e. The molecule has 0 saturated heterocycles. The van der Waals surface area contributed by atoms with Gasteiger partial charge >= 0.3 is 0 Å². The maximum atomic E-state index is 11.0. The Hall–Kier alpha value is -0.940. The zero-order chi connectivity index (χ0) is 10.0. The Balaban J connectivity index is 3.27. The van der Waals surface area contributed by atoms with Crippen molar-refractivity contribution in [2.75, 3.05) is 6.26 Å². The summed E-state index contributed by atoms with van der Waals surface area (Å²) in [7, 11) is -1.23.